The fourth-order valence-electron chi connectivity index (χ4n) is 4.00. The van der Waals surface area contributed by atoms with Crippen LogP contribution in [0, 0.1) is 12.8 Å². The van der Waals surface area contributed by atoms with E-state index in [9.17, 15) is 18.0 Å². The number of carbonyl (C=O) groups excluding carboxylic acids is 2. The average molecular weight is 463 g/mol. The lowest BCUT2D eigenvalue weighted by atomic mass is 10.0. The molecule has 166 valence electrons. The van der Waals surface area contributed by atoms with Crippen LogP contribution in [0.3, 0.4) is 0 Å². The van der Waals surface area contributed by atoms with Crippen molar-refractivity contribution in [3.8, 4) is 10.4 Å². The molecule has 1 fully saturated rings. The number of benzene rings is 1. The monoisotopic (exact) mass is 462 g/mol. The molecule has 1 aromatic heterocycles. The lowest BCUT2D eigenvalue weighted by Crippen LogP contribution is -2.35. The molecule has 2 heterocycles. The number of nitrogens with zero attached hydrogens (tertiary/aromatic N) is 3. The SMILES string of the molecule is CC(=O)Nc1nc(C)c(-c2cc3c(c(S(=O)(=O)N(C)C)c2)C(=O)N(C(C)C2CC2)C3)s1. The van der Waals surface area contributed by atoms with Crippen molar-refractivity contribution in [2.24, 2.45) is 5.92 Å². The fourth-order valence-corrected chi connectivity index (χ4v) is 6.15. The molecule has 0 spiro atoms. The van der Waals surface area contributed by atoms with E-state index >= 15 is 0 Å². The second kappa shape index (κ2) is 7.68. The summed E-state index contributed by atoms with van der Waals surface area (Å²) in [7, 11) is -0.917. The number of carbonyl (C=O) groups is 2. The maximum atomic E-state index is 13.3. The Morgan fingerprint density at radius 1 is 1.32 bits per heavy atom. The van der Waals surface area contributed by atoms with Crippen molar-refractivity contribution in [3.63, 3.8) is 0 Å². The maximum absolute atomic E-state index is 13.3. The second-order valence-corrected chi connectivity index (χ2v) is 11.5. The first-order chi connectivity index (χ1) is 14.5. The van der Waals surface area contributed by atoms with E-state index in [1.807, 2.05) is 19.9 Å². The van der Waals surface area contributed by atoms with E-state index in [4.69, 9.17) is 0 Å². The van der Waals surface area contributed by atoms with E-state index in [-0.39, 0.29) is 28.3 Å². The Kier molecular flexibility index (Phi) is 5.43. The molecule has 0 radical (unpaired) electrons. The summed E-state index contributed by atoms with van der Waals surface area (Å²) in [4.78, 5) is 31.7. The Morgan fingerprint density at radius 2 is 2.00 bits per heavy atom. The predicted octanol–water partition coefficient (Wildman–Crippen LogP) is 3.08. The molecule has 10 heteroatoms. The van der Waals surface area contributed by atoms with E-state index in [2.05, 4.69) is 10.3 Å². The van der Waals surface area contributed by atoms with Crippen molar-refractivity contribution in [2.45, 2.75) is 51.1 Å². The van der Waals surface area contributed by atoms with Crippen molar-refractivity contribution in [1.29, 1.82) is 0 Å². The molecular formula is C21H26N4O4S2. The molecule has 1 unspecified atom stereocenters. The van der Waals surface area contributed by atoms with Gasteiger partial charge >= 0.3 is 0 Å². The van der Waals surface area contributed by atoms with Gasteiger partial charge in [-0.15, -0.1) is 0 Å². The fraction of sp³-hybridized carbons (Fsp3) is 0.476. The quantitative estimate of drug-likeness (QED) is 0.711. The lowest BCUT2D eigenvalue weighted by Gasteiger charge is -2.24. The summed E-state index contributed by atoms with van der Waals surface area (Å²) in [6, 6.07) is 3.53. The first-order valence-electron chi connectivity index (χ1n) is 10.2. The smallest absolute Gasteiger partial charge is 0.256 e. The van der Waals surface area contributed by atoms with Gasteiger partial charge in [0.25, 0.3) is 5.91 Å². The van der Waals surface area contributed by atoms with Crippen molar-refractivity contribution in [3.05, 3.63) is 29.0 Å². The molecule has 1 N–H and O–H groups in total. The number of thiazole rings is 1. The third-order valence-corrected chi connectivity index (χ3v) is 8.86. The number of anilines is 1. The maximum Gasteiger partial charge on any atom is 0.256 e. The minimum Gasteiger partial charge on any atom is -0.331 e. The highest BCUT2D eigenvalue weighted by molar-refractivity contribution is 7.89. The molecular weight excluding hydrogens is 436 g/mol. The Balaban J connectivity index is 1.86. The van der Waals surface area contributed by atoms with Crippen LogP contribution in [0.2, 0.25) is 0 Å². The van der Waals surface area contributed by atoms with Crippen LogP contribution in [0.15, 0.2) is 17.0 Å². The molecule has 0 bridgehead atoms. The van der Waals surface area contributed by atoms with Gasteiger partial charge in [0.1, 0.15) is 0 Å². The Labute approximate surface area is 186 Å². The number of rotatable bonds is 6. The molecule has 1 saturated carbocycles. The summed E-state index contributed by atoms with van der Waals surface area (Å²) in [6.45, 7) is 5.66. The highest BCUT2D eigenvalue weighted by Gasteiger charge is 2.41. The molecule has 4 rings (SSSR count). The minimum atomic E-state index is -3.84. The summed E-state index contributed by atoms with van der Waals surface area (Å²) in [6.07, 6.45) is 2.20. The van der Waals surface area contributed by atoms with Crippen LogP contribution in [0.4, 0.5) is 5.13 Å². The normalized spacial score (nSPS) is 17.2. The Hall–Kier alpha value is -2.30. The highest BCUT2D eigenvalue weighted by Crippen LogP contribution is 2.42. The molecule has 1 atom stereocenters. The number of hydrogen-bond acceptors (Lipinski definition) is 6. The second-order valence-electron chi connectivity index (χ2n) is 8.42. The topological polar surface area (TPSA) is 99.7 Å². The van der Waals surface area contributed by atoms with Gasteiger partial charge < -0.3 is 10.2 Å². The number of nitrogens with one attached hydrogen (secondary N) is 1. The van der Waals surface area contributed by atoms with Gasteiger partial charge in [0, 0.05) is 33.6 Å². The first kappa shape index (κ1) is 21.9. The number of aromatic nitrogens is 1. The molecule has 2 amide bonds. The van der Waals surface area contributed by atoms with E-state index in [0.717, 1.165) is 22.0 Å². The summed E-state index contributed by atoms with van der Waals surface area (Å²) in [5, 5.41) is 3.14. The zero-order valence-corrected chi connectivity index (χ0v) is 19.9. The number of sulfonamides is 1. The first-order valence-corrected chi connectivity index (χ1v) is 12.4. The number of fused-ring (bicyclic) bond motifs is 1. The molecule has 8 nitrogen and oxygen atoms in total. The van der Waals surface area contributed by atoms with Gasteiger partial charge in [-0.1, -0.05) is 11.3 Å². The summed E-state index contributed by atoms with van der Waals surface area (Å²) in [5.41, 5.74) is 2.35. The van der Waals surface area contributed by atoms with Crippen molar-refractivity contribution in [2.75, 3.05) is 19.4 Å². The van der Waals surface area contributed by atoms with Crippen LogP contribution in [0.25, 0.3) is 10.4 Å². The summed E-state index contributed by atoms with van der Waals surface area (Å²) < 4.78 is 27.5. The number of amides is 2. The lowest BCUT2D eigenvalue weighted by molar-refractivity contribution is -0.114. The zero-order valence-electron chi connectivity index (χ0n) is 18.2. The molecule has 0 saturated heterocycles. The van der Waals surface area contributed by atoms with Gasteiger partial charge in [-0.3, -0.25) is 9.59 Å². The van der Waals surface area contributed by atoms with Crippen molar-refractivity contribution >= 4 is 38.3 Å². The van der Waals surface area contributed by atoms with Crippen LogP contribution < -0.4 is 5.32 Å². The molecule has 2 aliphatic rings. The van der Waals surface area contributed by atoms with Crippen LogP contribution in [0.5, 0.6) is 0 Å². The Bertz CT molecular complexity index is 1180. The van der Waals surface area contributed by atoms with Crippen LogP contribution in [-0.4, -0.2) is 54.6 Å². The van der Waals surface area contributed by atoms with Gasteiger partial charge in [-0.2, -0.15) is 0 Å². The minimum absolute atomic E-state index is 0.0226. The predicted molar refractivity (Wildman–Crippen MR) is 120 cm³/mol. The number of hydrogen-bond donors (Lipinski definition) is 1. The van der Waals surface area contributed by atoms with Crippen LogP contribution in [-0.2, 0) is 21.4 Å². The molecule has 1 aromatic carbocycles. The van der Waals surface area contributed by atoms with E-state index in [0.29, 0.717) is 34.4 Å². The summed E-state index contributed by atoms with van der Waals surface area (Å²) in [5.74, 6) is 0.0392. The average Bonchev–Trinajstić information content (AvgIpc) is 3.40. The number of aryl methyl sites for hydroxylation is 1. The highest BCUT2D eigenvalue weighted by atomic mass is 32.2. The van der Waals surface area contributed by atoms with E-state index in [1.54, 1.807) is 11.0 Å². The van der Waals surface area contributed by atoms with Crippen LogP contribution in [0.1, 0.15) is 48.3 Å². The zero-order chi connectivity index (χ0) is 22.7. The summed E-state index contributed by atoms with van der Waals surface area (Å²) >= 11 is 1.29. The van der Waals surface area contributed by atoms with Crippen molar-refractivity contribution in [1.82, 2.24) is 14.2 Å². The Morgan fingerprint density at radius 3 is 2.58 bits per heavy atom. The van der Waals surface area contributed by atoms with Crippen molar-refractivity contribution < 1.29 is 18.0 Å². The van der Waals surface area contributed by atoms with Gasteiger partial charge in [-0.25, -0.2) is 17.7 Å². The van der Waals surface area contributed by atoms with E-state index < -0.39 is 10.0 Å². The van der Waals surface area contributed by atoms with Gasteiger partial charge in [0.05, 0.1) is 21.0 Å². The standard InChI is InChI=1S/C21H26N4O4S2/c1-11-19(30-21(22-11)23-13(3)26)15-8-16-10-25(12(2)14-6-7-14)20(27)18(16)17(9-15)31(28,29)24(4)5/h8-9,12,14H,6-7,10H2,1-5H3,(H,22,23,26). The van der Waals surface area contributed by atoms with Gasteiger partial charge in [0.2, 0.25) is 15.9 Å². The third-order valence-electron chi connectivity index (χ3n) is 5.90. The molecule has 31 heavy (non-hydrogen) atoms. The third kappa shape index (κ3) is 3.88. The molecule has 1 aliphatic heterocycles. The van der Waals surface area contributed by atoms with Crippen LogP contribution >= 0.6 is 11.3 Å². The molecule has 2 aromatic rings. The van der Waals surface area contributed by atoms with E-state index in [1.165, 1.54) is 32.4 Å². The largest absolute Gasteiger partial charge is 0.331 e. The molecule has 1 aliphatic carbocycles. The van der Waals surface area contributed by atoms with Gasteiger partial charge in [-0.05, 0) is 55.9 Å². The van der Waals surface area contributed by atoms with Gasteiger partial charge in [0.15, 0.2) is 5.13 Å².